The predicted octanol–water partition coefficient (Wildman–Crippen LogP) is 6.76. The van der Waals surface area contributed by atoms with Crippen molar-refractivity contribution in [3.63, 3.8) is 0 Å². The Balaban J connectivity index is 0.797. The van der Waals surface area contributed by atoms with Gasteiger partial charge in [-0.15, -0.1) is 0 Å². The van der Waals surface area contributed by atoms with E-state index in [1.165, 1.54) is 6.07 Å². The van der Waals surface area contributed by atoms with Gasteiger partial charge in [0.15, 0.2) is 0 Å². The average molecular weight is 910 g/mol. The highest BCUT2D eigenvalue weighted by molar-refractivity contribution is 6.31. The number of benzene rings is 3. The molecule has 64 heavy (non-hydrogen) atoms. The molecule has 3 aromatic carbocycles. The van der Waals surface area contributed by atoms with Gasteiger partial charge in [-0.05, 0) is 79.3 Å². The molecule has 0 bridgehead atoms. The van der Waals surface area contributed by atoms with E-state index in [9.17, 15) is 24.0 Å². The van der Waals surface area contributed by atoms with Crippen LogP contribution in [0.25, 0.3) is 10.8 Å². The lowest BCUT2D eigenvalue weighted by atomic mass is 9.55. The minimum absolute atomic E-state index is 0.0690. The Morgan fingerprint density at radius 2 is 1.59 bits per heavy atom. The van der Waals surface area contributed by atoms with Gasteiger partial charge >= 0.3 is 6.03 Å². The van der Waals surface area contributed by atoms with Crippen molar-refractivity contribution in [2.75, 3.05) is 49.5 Å². The van der Waals surface area contributed by atoms with Crippen molar-refractivity contribution < 1.29 is 28.4 Å². The standard InChI is InChI=1S/C48H51Cl2FN8O5/c49-29-10-11-35-37(24-29)54-45(63)48(35)41(33-8-5-9-36(50)42(33)51)43(56-47(48)17-2-1-3-18-47)44(62)53-30-14-19-57(20-15-30)27-40(61)58-21-12-28(13-22-58)31-6-4-7-32-34(31)25-52-26-38(32)59-23-16-39(60)55-46(59)64/h4-11,24-26,28,30,41,43,56H,1-3,12-23,27H2,(H,53,62)(H,54,63)(H,55,60,64)/t41-,43+,48+/m0/s1. The number of pyridine rings is 1. The SMILES string of the molecule is O=C1CCN(c2cncc3c(C4CCN(C(=O)CN5CCC(NC(=O)[C@@H]6NC7(CCCCC7)[C@@]7(C(=O)Nc8cc(Cl)ccc87)[C@H]6c6cccc(Cl)c6F)CC5)CC4)cccc23)C(=O)N1. The van der Waals surface area contributed by atoms with Crippen molar-refractivity contribution in [3.05, 3.63) is 99.5 Å². The molecule has 6 aliphatic rings. The van der Waals surface area contributed by atoms with E-state index in [0.717, 1.165) is 48.4 Å². The minimum atomic E-state index is -1.30. The lowest BCUT2D eigenvalue weighted by molar-refractivity contribution is -0.134. The van der Waals surface area contributed by atoms with Gasteiger partial charge < -0.3 is 15.5 Å². The van der Waals surface area contributed by atoms with Crippen molar-refractivity contribution in [2.45, 2.75) is 99.1 Å². The summed E-state index contributed by atoms with van der Waals surface area (Å²) in [6.45, 7) is 3.07. The maximum Gasteiger partial charge on any atom is 0.328 e. The molecule has 5 aliphatic heterocycles. The smallest absolute Gasteiger partial charge is 0.328 e. The number of carbonyl (C=O) groups is 5. The Morgan fingerprint density at radius 1 is 0.844 bits per heavy atom. The first-order valence-electron chi connectivity index (χ1n) is 22.6. The van der Waals surface area contributed by atoms with Crippen LogP contribution in [0.1, 0.15) is 92.7 Å². The highest BCUT2D eigenvalue weighted by atomic mass is 35.5. The van der Waals surface area contributed by atoms with Crippen LogP contribution in [0.5, 0.6) is 0 Å². The monoisotopic (exact) mass is 908 g/mol. The number of nitrogens with zero attached hydrogens (tertiary/aromatic N) is 4. The minimum Gasteiger partial charge on any atom is -0.352 e. The van der Waals surface area contributed by atoms with Gasteiger partial charge in [-0.2, -0.15) is 0 Å². The summed E-state index contributed by atoms with van der Waals surface area (Å²) in [5, 5.41) is 14.8. The second-order valence-corrected chi connectivity index (χ2v) is 19.3. The lowest BCUT2D eigenvalue weighted by Crippen LogP contribution is -2.60. The Morgan fingerprint density at radius 3 is 2.36 bits per heavy atom. The molecule has 1 aromatic heterocycles. The molecule has 5 fully saturated rings. The molecule has 0 radical (unpaired) electrons. The molecule has 4 aromatic rings. The van der Waals surface area contributed by atoms with Crippen LogP contribution < -0.4 is 26.2 Å². The first-order valence-corrected chi connectivity index (χ1v) is 23.3. The molecular weight excluding hydrogens is 858 g/mol. The fourth-order valence-electron chi connectivity index (χ4n) is 12.0. The van der Waals surface area contributed by atoms with Crippen LogP contribution in [0.15, 0.2) is 67.0 Å². The Bertz CT molecular complexity index is 2560. The highest BCUT2D eigenvalue weighted by Gasteiger charge is 2.72. The predicted molar refractivity (Wildman–Crippen MR) is 242 cm³/mol. The van der Waals surface area contributed by atoms with Crippen LogP contribution in [0.4, 0.5) is 20.6 Å². The van der Waals surface area contributed by atoms with Crippen molar-refractivity contribution in [1.82, 2.24) is 30.7 Å². The van der Waals surface area contributed by atoms with Crippen LogP contribution in [-0.2, 0) is 24.6 Å². The molecular formula is C48H51Cl2FN8O5. The number of rotatable bonds is 7. The number of amides is 6. The van der Waals surface area contributed by atoms with Crippen LogP contribution in [0, 0.1) is 5.82 Å². The van der Waals surface area contributed by atoms with Gasteiger partial charge in [0.2, 0.25) is 23.6 Å². The summed E-state index contributed by atoms with van der Waals surface area (Å²) in [4.78, 5) is 77.7. The van der Waals surface area contributed by atoms with Crippen LogP contribution in [-0.4, -0.2) is 101 Å². The Kier molecular flexibility index (Phi) is 11.4. The van der Waals surface area contributed by atoms with Gasteiger partial charge in [0.1, 0.15) is 11.2 Å². The van der Waals surface area contributed by atoms with Crippen LogP contribution in [0.2, 0.25) is 10.0 Å². The quantitative estimate of drug-likeness (QED) is 0.159. The van der Waals surface area contributed by atoms with E-state index < -0.39 is 34.8 Å². The molecule has 6 amide bonds. The number of carbonyl (C=O) groups excluding carboxylic acids is 5. The number of anilines is 2. The summed E-state index contributed by atoms with van der Waals surface area (Å²) in [5.74, 6) is -2.09. The van der Waals surface area contributed by atoms with E-state index in [-0.39, 0.29) is 59.1 Å². The van der Waals surface area contributed by atoms with E-state index in [1.54, 1.807) is 35.4 Å². The normalized spacial score (nSPS) is 25.2. The fourth-order valence-corrected chi connectivity index (χ4v) is 12.4. The molecule has 3 atom stereocenters. The number of hydrogen-bond acceptors (Lipinski definition) is 8. The number of imide groups is 1. The number of aromatic nitrogens is 1. The zero-order valence-corrected chi connectivity index (χ0v) is 36.9. The molecule has 0 unspecified atom stereocenters. The number of fused-ring (bicyclic) bond motifs is 4. The highest BCUT2D eigenvalue weighted by Crippen LogP contribution is 2.63. The van der Waals surface area contributed by atoms with Gasteiger partial charge in [-0.1, -0.05) is 78.9 Å². The third-order valence-electron chi connectivity index (χ3n) is 15.0. The number of hydrogen-bond donors (Lipinski definition) is 4. The number of halogens is 3. The molecule has 13 nitrogen and oxygen atoms in total. The van der Waals surface area contributed by atoms with Crippen LogP contribution >= 0.6 is 23.2 Å². The summed E-state index contributed by atoms with van der Waals surface area (Å²) >= 11 is 12.9. The number of piperidine rings is 2. The molecule has 4 N–H and O–H groups in total. The second-order valence-electron chi connectivity index (χ2n) is 18.4. The number of nitrogens with one attached hydrogen (secondary N) is 4. The summed E-state index contributed by atoms with van der Waals surface area (Å²) < 4.78 is 16.3. The second kappa shape index (κ2) is 17.0. The van der Waals surface area contributed by atoms with Gasteiger partial charge in [0.25, 0.3) is 0 Å². The van der Waals surface area contributed by atoms with E-state index in [1.807, 2.05) is 29.3 Å². The molecule has 10 rings (SSSR count). The van der Waals surface area contributed by atoms with Gasteiger partial charge in [-0.25, -0.2) is 9.18 Å². The van der Waals surface area contributed by atoms with E-state index in [0.29, 0.717) is 80.4 Å². The zero-order chi connectivity index (χ0) is 44.3. The average Bonchev–Trinajstić information content (AvgIpc) is 3.75. The van der Waals surface area contributed by atoms with Crippen molar-refractivity contribution >= 4 is 75.0 Å². The van der Waals surface area contributed by atoms with E-state index >= 15 is 4.39 Å². The largest absolute Gasteiger partial charge is 0.352 e. The van der Waals surface area contributed by atoms with Gasteiger partial charge in [-0.3, -0.25) is 44.6 Å². The van der Waals surface area contributed by atoms with E-state index in [2.05, 4.69) is 37.2 Å². The first kappa shape index (κ1) is 42.8. The summed E-state index contributed by atoms with van der Waals surface area (Å²) in [5.41, 5.74) is 1.20. The molecule has 1 saturated carbocycles. The Hall–Kier alpha value is -5.15. The van der Waals surface area contributed by atoms with Crippen molar-refractivity contribution in [2.24, 2.45) is 0 Å². The molecule has 6 heterocycles. The number of likely N-dealkylation sites (tertiary alicyclic amines) is 2. The third kappa shape index (κ3) is 7.21. The summed E-state index contributed by atoms with van der Waals surface area (Å²) in [6, 6.07) is 14.7. The van der Waals surface area contributed by atoms with E-state index in [4.69, 9.17) is 23.2 Å². The van der Waals surface area contributed by atoms with Crippen molar-refractivity contribution in [1.29, 1.82) is 0 Å². The Labute approximate surface area is 380 Å². The topological polar surface area (TPSA) is 156 Å². The van der Waals surface area contributed by atoms with Crippen LogP contribution in [0.3, 0.4) is 0 Å². The maximum atomic E-state index is 16.3. The molecule has 16 heteroatoms. The van der Waals surface area contributed by atoms with Crippen molar-refractivity contribution in [3.8, 4) is 0 Å². The fraction of sp³-hybridized carbons (Fsp3) is 0.458. The molecule has 2 spiro atoms. The number of urea groups is 1. The van der Waals surface area contributed by atoms with Gasteiger partial charge in [0.05, 0.1) is 29.5 Å². The summed E-state index contributed by atoms with van der Waals surface area (Å²) in [6.07, 6.45) is 10.6. The lowest BCUT2D eigenvalue weighted by Gasteiger charge is -2.47. The van der Waals surface area contributed by atoms with Gasteiger partial charge in [0, 0.05) is 84.3 Å². The maximum absolute atomic E-state index is 16.3. The molecule has 4 saturated heterocycles. The summed E-state index contributed by atoms with van der Waals surface area (Å²) in [7, 11) is 0. The zero-order valence-electron chi connectivity index (χ0n) is 35.4. The molecule has 334 valence electrons. The molecule has 1 aliphatic carbocycles. The first-order chi connectivity index (χ1) is 31.0. The third-order valence-corrected chi connectivity index (χ3v) is 15.6.